The molecule has 0 spiro atoms. The molecular weight excluding hydrogens is 172 g/mol. The predicted molar refractivity (Wildman–Crippen MR) is 49.2 cm³/mol. The van der Waals surface area contributed by atoms with Gasteiger partial charge < -0.3 is 11.1 Å². The number of rotatable bonds is 3. The maximum absolute atomic E-state index is 10.3. The molecule has 0 bridgehead atoms. The van der Waals surface area contributed by atoms with Crippen molar-refractivity contribution in [3.63, 3.8) is 0 Å². The Labute approximate surface area is 74.9 Å². The number of nitro groups is 1. The summed E-state index contributed by atoms with van der Waals surface area (Å²) < 4.78 is 0. The van der Waals surface area contributed by atoms with E-state index < -0.39 is 4.92 Å². The van der Waals surface area contributed by atoms with Crippen molar-refractivity contribution in [3.05, 3.63) is 29.3 Å². The van der Waals surface area contributed by atoms with Gasteiger partial charge in [0, 0.05) is 12.6 Å². The number of hydrogen-bond donors (Lipinski definition) is 2. The standard InChI is InChI=1S/C7H9N4O2/c1-2-9-7-3-5(8)6(4-10-7)11(12)13/h3-4H,1-2H2,(H3,8,9,10). The van der Waals surface area contributed by atoms with E-state index in [0.717, 1.165) is 6.20 Å². The molecular formula is C7H9N4O2. The van der Waals surface area contributed by atoms with Gasteiger partial charge in [-0.2, -0.15) is 0 Å². The molecule has 0 saturated carbocycles. The van der Waals surface area contributed by atoms with Crippen molar-refractivity contribution in [2.75, 3.05) is 17.6 Å². The predicted octanol–water partition coefficient (Wildman–Crippen LogP) is 0.818. The van der Waals surface area contributed by atoms with Crippen molar-refractivity contribution in [2.45, 2.75) is 0 Å². The Balaban J connectivity index is 2.98. The molecule has 1 radical (unpaired) electrons. The average molecular weight is 181 g/mol. The van der Waals surface area contributed by atoms with Crippen LogP contribution >= 0.6 is 0 Å². The van der Waals surface area contributed by atoms with Crippen LogP contribution in [0.5, 0.6) is 0 Å². The summed E-state index contributed by atoms with van der Waals surface area (Å²) in [7, 11) is 0. The second kappa shape index (κ2) is 3.70. The van der Waals surface area contributed by atoms with Crippen molar-refractivity contribution in [2.24, 2.45) is 0 Å². The number of anilines is 2. The van der Waals surface area contributed by atoms with Gasteiger partial charge in [-0.1, -0.05) is 0 Å². The third-order valence-electron chi connectivity index (χ3n) is 1.42. The van der Waals surface area contributed by atoms with E-state index in [1.165, 1.54) is 6.07 Å². The van der Waals surface area contributed by atoms with E-state index in [1.54, 1.807) is 0 Å². The van der Waals surface area contributed by atoms with Crippen LogP contribution in [0.15, 0.2) is 12.3 Å². The first kappa shape index (κ1) is 9.24. The van der Waals surface area contributed by atoms with E-state index >= 15 is 0 Å². The van der Waals surface area contributed by atoms with Crippen LogP contribution < -0.4 is 11.1 Å². The zero-order valence-corrected chi connectivity index (χ0v) is 6.86. The number of aromatic nitrogens is 1. The molecule has 0 atom stereocenters. The molecule has 1 aromatic rings. The fraction of sp³-hybridized carbons (Fsp3) is 0.143. The first-order chi connectivity index (χ1) is 6.15. The Morgan fingerprint density at radius 2 is 2.46 bits per heavy atom. The van der Waals surface area contributed by atoms with Crippen molar-refractivity contribution in [3.8, 4) is 0 Å². The molecule has 6 heteroatoms. The molecule has 0 unspecified atom stereocenters. The lowest BCUT2D eigenvalue weighted by molar-refractivity contribution is -0.384. The minimum Gasteiger partial charge on any atom is -0.393 e. The highest BCUT2D eigenvalue weighted by Gasteiger charge is 2.11. The Bertz CT molecular complexity index is 326. The minimum absolute atomic E-state index is 0.0935. The molecule has 0 aliphatic heterocycles. The summed E-state index contributed by atoms with van der Waals surface area (Å²) in [6, 6.07) is 1.41. The number of nitrogens with one attached hydrogen (secondary N) is 1. The molecule has 0 saturated heterocycles. The second-order valence-electron chi connectivity index (χ2n) is 2.31. The molecule has 0 aliphatic carbocycles. The van der Waals surface area contributed by atoms with Gasteiger partial charge >= 0.3 is 5.69 Å². The lowest BCUT2D eigenvalue weighted by atomic mass is 10.3. The van der Waals surface area contributed by atoms with Crippen LogP contribution in [-0.2, 0) is 0 Å². The highest BCUT2D eigenvalue weighted by molar-refractivity contribution is 5.61. The SMILES string of the molecule is [CH2]CNc1cc(N)c([N+](=O)[O-])cn1. The van der Waals surface area contributed by atoms with E-state index in [4.69, 9.17) is 5.73 Å². The van der Waals surface area contributed by atoms with Gasteiger partial charge in [-0.3, -0.25) is 10.1 Å². The Morgan fingerprint density at radius 3 is 2.92 bits per heavy atom. The lowest BCUT2D eigenvalue weighted by Gasteiger charge is -2.02. The lowest BCUT2D eigenvalue weighted by Crippen LogP contribution is -2.02. The quantitative estimate of drug-likeness (QED) is 0.531. The van der Waals surface area contributed by atoms with Crippen LogP contribution in [0.1, 0.15) is 0 Å². The molecule has 0 fully saturated rings. The Morgan fingerprint density at radius 1 is 1.77 bits per heavy atom. The van der Waals surface area contributed by atoms with Crippen molar-refractivity contribution >= 4 is 17.2 Å². The summed E-state index contributed by atoms with van der Waals surface area (Å²) in [5, 5.41) is 13.1. The van der Waals surface area contributed by atoms with Gasteiger partial charge in [0.05, 0.1) is 4.92 Å². The van der Waals surface area contributed by atoms with Gasteiger partial charge in [-0.05, 0) is 6.92 Å². The van der Waals surface area contributed by atoms with Crippen LogP contribution in [-0.4, -0.2) is 16.5 Å². The molecule has 1 aromatic heterocycles. The summed E-state index contributed by atoms with van der Waals surface area (Å²) in [5.41, 5.74) is 5.32. The molecule has 0 aromatic carbocycles. The van der Waals surface area contributed by atoms with Gasteiger partial charge in [0.1, 0.15) is 17.7 Å². The molecule has 69 valence electrons. The van der Waals surface area contributed by atoms with Gasteiger partial charge in [-0.15, -0.1) is 0 Å². The third-order valence-corrected chi connectivity index (χ3v) is 1.42. The fourth-order valence-corrected chi connectivity index (χ4v) is 0.841. The molecule has 6 nitrogen and oxygen atoms in total. The molecule has 3 N–H and O–H groups in total. The largest absolute Gasteiger partial charge is 0.393 e. The van der Waals surface area contributed by atoms with E-state index in [9.17, 15) is 10.1 Å². The molecule has 0 aliphatic rings. The van der Waals surface area contributed by atoms with Crippen LogP contribution in [0.25, 0.3) is 0 Å². The van der Waals surface area contributed by atoms with Gasteiger partial charge in [0.25, 0.3) is 0 Å². The second-order valence-corrected chi connectivity index (χ2v) is 2.31. The molecule has 13 heavy (non-hydrogen) atoms. The van der Waals surface area contributed by atoms with Crippen molar-refractivity contribution < 1.29 is 4.92 Å². The number of nitrogens with two attached hydrogens (primary N) is 1. The maximum Gasteiger partial charge on any atom is 0.310 e. The molecule has 1 rings (SSSR count). The van der Waals surface area contributed by atoms with Gasteiger partial charge in [-0.25, -0.2) is 4.98 Å². The Kier molecular flexibility index (Phi) is 2.63. The van der Waals surface area contributed by atoms with E-state index in [0.29, 0.717) is 12.4 Å². The van der Waals surface area contributed by atoms with Gasteiger partial charge in [0.2, 0.25) is 0 Å². The van der Waals surface area contributed by atoms with E-state index in [-0.39, 0.29) is 11.4 Å². The van der Waals surface area contributed by atoms with Crippen LogP contribution in [0, 0.1) is 17.0 Å². The minimum atomic E-state index is -0.573. The molecule has 0 amide bonds. The fourth-order valence-electron chi connectivity index (χ4n) is 0.841. The summed E-state index contributed by atoms with van der Waals surface area (Å²) in [6.45, 7) is 3.99. The summed E-state index contributed by atoms with van der Waals surface area (Å²) in [4.78, 5) is 13.5. The first-order valence-electron chi connectivity index (χ1n) is 3.58. The topological polar surface area (TPSA) is 94.1 Å². The maximum atomic E-state index is 10.3. The van der Waals surface area contributed by atoms with Crippen LogP contribution in [0.4, 0.5) is 17.2 Å². The van der Waals surface area contributed by atoms with Crippen molar-refractivity contribution in [1.29, 1.82) is 0 Å². The van der Waals surface area contributed by atoms with E-state index in [1.807, 2.05) is 0 Å². The smallest absolute Gasteiger partial charge is 0.310 e. The summed E-state index contributed by atoms with van der Waals surface area (Å²) >= 11 is 0. The summed E-state index contributed by atoms with van der Waals surface area (Å²) in [5.74, 6) is 0.484. The monoisotopic (exact) mass is 181 g/mol. The third kappa shape index (κ3) is 2.05. The number of pyridine rings is 1. The highest BCUT2D eigenvalue weighted by Crippen LogP contribution is 2.21. The number of nitrogen functional groups attached to an aromatic ring is 1. The van der Waals surface area contributed by atoms with E-state index in [2.05, 4.69) is 17.2 Å². The number of hydrogen-bond acceptors (Lipinski definition) is 5. The first-order valence-corrected chi connectivity index (χ1v) is 3.58. The van der Waals surface area contributed by atoms with Crippen molar-refractivity contribution in [1.82, 2.24) is 4.98 Å². The number of nitrogens with zero attached hydrogens (tertiary/aromatic N) is 2. The summed E-state index contributed by atoms with van der Waals surface area (Å²) in [6.07, 6.45) is 1.12. The normalized spacial score (nSPS) is 9.62. The Hall–Kier alpha value is -1.85. The highest BCUT2D eigenvalue weighted by atomic mass is 16.6. The average Bonchev–Trinajstić information content (AvgIpc) is 2.04. The van der Waals surface area contributed by atoms with Crippen LogP contribution in [0.2, 0.25) is 0 Å². The zero-order valence-electron chi connectivity index (χ0n) is 6.86. The zero-order chi connectivity index (χ0) is 9.84. The molecule has 1 heterocycles. The van der Waals surface area contributed by atoms with Crippen LogP contribution in [0.3, 0.4) is 0 Å². The van der Waals surface area contributed by atoms with Gasteiger partial charge in [0.15, 0.2) is 0 Å².